The minimum atomic E-state index is -0.549. The Kier molecular flexibility index (Phi) is 7.59. The van der Waals surface area contributed by atoms with Gasteiger partial charge >= 0.3 is 0 Å². The van der Waals surface area contributed by atoms with E-state index in [-0.39, 0.29) is 29.1 Å². The van der Waals surface area contributed by atoms with Gasteiger partial charge < -0.3 is 15.1 Å². The molecule has 2 fully saturated rings. The van der Waals surface area contributed by atoms with Crippen molar-refractivity contribution in [2.45, 2.75) is 50.6 Å². The van der Waals surface area contributed by atoms with Crippen LogP contribution in [0.5, 0.6) is 0 Å². The summed E-state index contributed by atoms with van der Waals surface area (Å²) in [5.74, 6) is 0.0501. The Bertz CT molecular complexity index is 1320. The molecule has 3 aromatic rings. The Hall–Kier alpha value is -3.51. The summed E-state index contributed by atoms with van der Waals surface area (Å²) < 4.78 is 13.4. The first-order valence-corrected chi connectivity index (χ1v) is 13.9. The Labute approximate surface area is 231 Å². The lowest BCUT2D eigenvalue weighted by molar-refractivity contribution is -0.133. The SMILES string of the molecule is CC(=O)NC1(c2ccccc2)CCN(C[C@@H]2C[C@@]2(C(=O)N(C)Cc2ccc(F)cc2)c2cccc(C)c2)CC1. The highest BCUT2D eigenvalue weighted by molar-refractivity contribution is 5.92. The summed E-state index contributed by atoms with van der Waals surface area (Å²) in [5, 5.41) is 3.26. The Balaban J connectivity index is 1.32. The third-order valence-electron chi connectivity index (χ3n) is 8.63. The topological polar surface area (TPSA) is 52.7 Å². The Morgan fingerprint density at radius 2 is 1.64 bits per heavy atom. The van der Waals surface area contributed by atoms with Crippen LogP contribution in [0.4, 0.5) is 4.39 Å². The smallest absolute Gasteiger partial charge is 0.233 e. The zero-order chi connectivity index (χ0) is 27.6. The number of nitrogens with one attached hydrogen (secondary N) is 1. The molecule has 2 amide bonds. The highest BCUT2D eigenvalue weighted by atomic mass is 19.1. The second kappa shape index (κ2) is 10.9. The molecule has 3 aromatic carbocycles. The monoisotopic (exact) mass is 527 g/mol. The van der Waals surface area contributed by atoms with Crippen LogP contribution in [-0.2, 0) is 27.1 Å². The van der Waals surface area contributed by atoms with Crippen molar-refractivity contribution in [3.63, 3.8) is 0 Å². The maximum absolute atomic E-state index is 14.1. The van der Waals surface area contributed by atoms with Crippen molar-refractivity contribution in [3.05, 3.63) is 107 Å². The third-order valence-corrected chi connectivity index (χ3v) is 8.63. The molecule has 0 spiro atoms. The molecule has 1 aliphatic carbocycles. The van der Waals surface area contributed by atoms with Gasteiger partial charge in [0.25, 0.3) is 0 Å². The number of likely N-dealkylation sites (N-methyl/N-ethyl adjacent to an activating group) is 1. The molecule has 5 nitrogen and oxygen atoms in total. The van der Waals surface area contributed by atoms with Crippen LogP contribution in [0.1, 0.15) is 48.4 Å². The van der Waals surface area contributed by atoms with Crippen LogP contribution in [0.2, 0.25) is 0 Å². The van der Waals surface area contributed by atoms with Gasteiger partial charge in [-0.1, -0.05) is 72.3 Å². The molecule has 1 N–H and O–H groups in total. The molecule has 0 bridgehead atoms. The molecule has 1 aliphatic heterocycles. The minimum absolute atomic E-state index is 0.0113. The molecule has 5 rings (SSSR count). The van der Waals surface area contributed by atoms with Gasteiger partial charge in [-0.15, -0.1) is 0 Å². The van der Waals surface area contributed by atoms with Crippen molar-refractivity contribution in [1.82, 2.24) is 15.1 Å². The maximum atomic E-state index is 14.1. The number of piperidine rings is 1. The van der Waals surface area contributed by atoms with E-state index < -0.39 is 5.41 Å². The molecule has 1 heterocycles. The van der Waals surface area contributed by atoms with E-state index in [0.717, 1.165) is 61.2 Å². The van der Waals surface area contributed by atoms with Gasteiger partial charge in [-0.25, -0.2) is 4.39 Å². The fourth-order valence-electron chi connectivity index (χ4n) is 6.50. The lowest BCUT2D eigenvalue weighted by Gasteiger charge is -2.43. The number of halogens is 1. The van der Waals surface area contributed by atoms with Crippen molar-refractivity contribution >= 4 is 11.8 Å². The summed E-state index contributed by atoms with van der Waals surface area (Å²) in [7, 11) is 1.85. The van der Waals surface area contributed by atoms with Crippen LogP contribution in [-0.4, -0.2) is 48.3 Å². The second-order valence-electron chi connectivity index (χ2n) is 11.5. The third kappa shape index (κ3) is 5.62. The number of benzene rings is 3. The predicted octanol–water partition coefficient (Wildman–Crippen LogP) is 5.18. The molecule has 2 atom stereocenters. The Morgan fingerprint density at radius 3 is 2.28 bits per heavy atom. The highest BCUT2D eigenvalue weighted by Crippen LogP contribution is 2.56. The van der Waals surface area contributed by atoms with Gasteiger partial charge in [-0.05, 0) is 60.9 Å². The van der Waals surface area contributed by atoms with Crippen LogP contribution in [0, 0.1) is 18.7 Å². The standard InChI is InChI=1S/C33H38FN3O2/c1-24-8-7-11-28(20-24)33(31(39)36(3)22-26-12-14-30(34)15-13-26)21-29(33)23-37-18-16-32(17-19-37,35-25(2)38)27-9-5-4-6-10-27/h4-15,20,29H,16-19,21-23H2,1-3H3,(H,35,38)/t29-,33+/m0/s1. The molecule has 0 unspecified atom stereocenters. The summed E-state index contributed by atoms with van der Waals surface area (Å²) in [6, 6.07) is 25.0. The number of rotatable bonds is 8. The van der Waals surface area contributed by atoms with Crippen molar-refractivity contribution in [2.75, 3.05) is 26.7 Å². The second-order valence-corrected chi connectivity index (χ2v) is 11.5. The zero-order valence-corrected chi connectivity index (χ0v) is 23.1. The van der Waals surface area contributed by atoms with Crippen molar-refractivity contribution in [3.8, 4) is 0 Å². The molecule has 1 saturated carbocycles. The molecule has 0 radical (unpaired) electrons. The van der Waals surface area contributed by atoms with Gasteiger partial charge in [0.1, 0.15) is 5.82 Å². The van der Waals surface area contributed by atoms with Gasteiger partial charge in [0.15, 0.2) is 0 Å². The van der Waals surface area contributed by atoms with Crippen LogP contribution in [0.25, 0.3) is 0 Å². The summed E-state index contributed by atoms with van der Waals surface area (Å²) in [5.41, 5.74) is 3.39. The van der Waals surface area contributed by atoms with Crippen molar-refractivity contribution in [2.24, 2.45) is 5.92 Å². The van der Waals surface area contributed by atoms with E-state index in [0.29, 0.717) is 6.54 Å². The first kappa shape index (κ1) is 27.1. The van der Waals surface area contributed by atoms with Crippen LogP contribution < -0.4 is 5.32 Å². The Morgan fingerprint density at radius 1 is 0.974 bits per heavy atom. The number of amides is 2. The van der Waals surface area contributed by atoms with Gasteiger partial charge in [0.05, 0.1) is 11.0 Å². The average Bonchev–Trinajstić information content (AvgIpc) is 3.65. The number of carbonyl (C=O) groups is 2. The molecule has 1 saturated heterocycles. The molecular formula is C33H38FN3O2. The molecular weight excluding hydrogens is 489 g/mol. The van der Waals surface area contributed by atoms with E-state index in [2.05, 4.69) is 47.5 Å². The zero-order valence-electron chi connectivity index (χ0n) is 23.1. The van der Waals surface area contributed by atoms with Crippen LogP contribution >= 0.6 is 0 Å². The molecule has 0 aromatic heterocycles. The number of hydrogen-bond acceptors (Lipinski definition) is 3. The van der Waals surface area contributed by atoms with Crippen LogP contribution in [0.15, 0.2) is 78.9 Å². The van der Waals surface area contributed by atoms with E-state index >= 15 is 0 Å². The summed E-state index contributed by atoms with van der Waals surface area (Å²) in [6.45, 7) is 6.65. The number of hydrogen-bond donors (Lipinski definition) is 1. The van der Waals surface area contributed by atoms with E-state index in [4.69, 9.17) is 0 Å². The fraction of sp³-hybridized carbons (Fsp3) is 0.394. The van der Waals surface area contributed by atoms with E-state index in [1.54, 1.807) is 24.0 Å². The normalized spacial score (nSPS) is 22.2. The first-order chi connectivity index (χ1) is 18.7. The number of aryl methyl sites for hydroxylation is 1. The summed E-state index contributed by atoms with van der Waals surface area (Å²) >= 11 is 0. The molecule has 204 valence electrons. The lowest BCUT2D eigenvalue weighted by Crippen LogP contribution is -2.53. The molecule has 39 heavy (non-hydrogen) atoms. The predicted molar refractivity (Wildman–Crippen MR) is 151 cm³/mol. The number of carbonyl (C=O) groups excluding carboxylic acids is 2. The maximum Gasteiger partial charge on any atom is 0.233 e. The lowest BCUT2D eigenvalue weighted by atomic mass is 9.80. The van der Waals surface area contributed by atoms with Gasteiger partial charge in [-0.3, -0.25) is 9.59 Å². The summed E-state index contributed by atoms with van der Waals surface area (Å²) in [4.78, 5) is 30.4. The molecule has 2 aliphatic rings. The largest absolute Gasteiger partial charge is 0.347 e. The van der Waals surface area contributed by atoms with E-state index in [9.17, 15) is 14.0 Å². The van der Waals surface area contributed by atoms with Crippen molar-refractivity contribution in [1.29, 1.82) is 0 Å². The quantitative estimate of drug-likeness (QED) is 0.439. The average molecular weight is 528 g/mol. The van der Waals surface area contributed by atoms with E-state index in [1.165, 1.54) is 12.1 Å². The van der Waals surface area contributed by atoms with Crippen LogP contribution in [0.3, 0.4) is 0 Å². The number of likely N-dealkylation sites (tertiary alicyclic amines) is 1. The molecule has 6 heteroatoms. The van der Waals surface area contributed by atoms with Gasteiger partial charge in [0, 0.05) is 40.2 Å². The van der Waals surface area contributed by atoms with Crippen molar-refractivity contribution < 1.29 is 14.0 Å². The van der Waals surface area contributed by atoms with E-state index in [1.807, 2.05) is 31.3 Å². The summed E-state index contributed by atoms with van der Waals surface area (Å²) in [6.07, 6.45) is 2.48. The fourth-order valence-corrected chi connectivity index (χ4v) is 6.50. The van der Waals surface area contributed by atoms with Gasteiger partial charge in [0.2, 0.25) is 11.8 Å². The number of nitrogens with zero attached hydrogens (tertiary/aromatic N) is 2. The minimum Gasteiger partial charge on any atom is -0.347 e. The highest BCUT2D eigenvalue weighted by Gasteiger charge is 2.62. The first-order valence-electron chi connectivity index (χ1n) is 13.9. The van der Waals surface area contributed by atoms with Gasteiger partial charge in [-0.2, -0.15) is 0 Å².